The molecule has 1 amide bonds. The van der Waals surface area contributed by atoms with Gasteiger partial charge in [-0.3, -0.25) is 19.0 Å². The average molecular weight is 309 g/mol. The Labute approximate surface area is 124 Å². The van der Waals surface area contributed by atoms with Crippen LogP contribution in [-0.4, -0.2) is 38.3 Å². The van der Waals surface area contributed by atoms with E-state index in [1.165, 1.54) is 22.5 Å². The first-order chi connectivity index (χ1) is 10.1. The maximum absolute atomic E-state index is 12.2. The molecule has 3 rings (SSSR count). The smallest absolute Gasteiger partial charge is 0.306 e. The molecule has 0 saturated heterocycles. The summed E-state index contributed by atoms with van der Waals surface area (Å²) in [6.45, 7) is 0.567. The van der Waals surface area contributed by atoms with Gasteiger partial charge in [-0.25, -0.2) is 4.98 Å². The van der Waals surface area contributed by atoms with Gasteiger partial charge in [0.05, 0.1) is 5.92 Å². The van der Waals surface area contributed by atoms with Crippen molar-refractivity contribution in [1.29, 1.82) is 0 Å². The number of thioether (sulfide) groups is 1. The van der Waals surface area contributed by atoms with E-state index in [0.29, 0.717) is 31.0 Å². The lowest BCUT2D eigenvalue weighted by Gasteiger charge is -2.12. The molecule has 8 heteroatoms. The van der Waals surface area contributed by atoms with Crippen LogP contribution in [0.1, 0.15) is 29.6 Å². The van der Waals surface area contributed by atoms with E-state index in [-0.39, 0.29) is 17.2 Å². The number of hydrogen-bond acceptors (Lipinski definition) is 5. The molecule has 1 saturated carbocycles. The summed E-state index contributed by atoms with van der Waals surface area (Å²) >= 11 is 1.49. The SMILES string of the molecule is O=C(NC1CCC(C(=O)O)C1)c1cnc2n(c1=O)CCS2. The summed E-state index contributed by atoms with van der Waals surface area (Å²) in [4.78, 5) is 39.4. The first-order valence-electron chi connectivity index (χ1n) is 6.82. The standard InChI is InChI=1S/C13H15N3O4S/c17-10(15-8-2-1-7(5-8)12(19)20)9-6-14-13-16(11(9)18)3-4-21-13/h6-8H,1-5H2,(H,15,17)(H,19,20). The van der Waals surface area contributed by atoms with E-state index >= 15 is 0 Å². The predicted octanol–water partition coefficient (Wildman–Crippen LogP) is 0.332. The summed E-state index contributed by atoms with van der Waals surface area (Å²) in [5.41, 5.74) is -0.296. The molecule has 2 N–H and O–H groups in total. The molecule has 1 aromatic rings. The lowest BCUT2D eigenvalue weighted by Crippen LogP contribution is -2.38. The fourth-order valence-corrected chi connectivity index (χ4v) is 3.69. The monoisotopic (exact) mass is 309 g/mol. The third kappa shape index (κ3) is 2.67. The Balaban J connectivity index is 1.72. The van der Waals surface area contributed by atoms with E-state index in [0.717, 1.165) is 5.75 Å². The molecule has 1 aliphatic carbocycles. The first-order valence-corrected chi connectivity index (χ1v) is 7.81. The number of amides is 1. The van der Waals surface area contributed by atoms with Crippen LogP contribution in [0.15, 0.2) is 16.1 Å². The molecule has 21 heavy (non-hydrogen) atoms. The van der Waals surface area contributed by atoms with Crippen molar-refractivity contribution in [3.8, 4) is 0 Å². The molecular formula is C13H15N3O4S. The molecule has 0 radical (unpaired) electrons. The lowest BCUT2D eigenvalue weighted by molar-refractivity contribution is -0.141. The number of carbonyl (C=O) groups is 2. The summed E-state index contributed by atoms with van der Waals surface area (Å²) in [7, 11) is 0. The highest BCUT2D eigenvalue weighted by Crippen LogP contribution is 2.26. The highest BCUT2D eigenvalue weighted by atomic mass is 32.2. The number of fused-ring (bicyclic) bond motifs is 1. The van der Waals surface area contributed by atoms with Crippen LogP contribution in [0.5, 0.6) is 0 Å². The second-order valence-corrected chi connectivity index (χ2v) is 6.34. The fourth-order valence-electron chi connectivity index (χ4n) is 2.77. The minimum absolute atomic E-state index is 0.0278. The number of carboxylic acid groups (broad SMARTS) is 1. The molecule has 2 aliphatic rings. The van der Waals surface area contributed by atoms with E-state index in [4.69, 9.17) is 5.11 Å². The third-order valence-electron chi connectivity index (χ3n) is 3.92. The largest absolute Gasteiger partial charge is 0.481 e. The first kappa shape index (κ1) is 14.1. The van der Waals surface area contributed by atoms with Crippen molar-refractivity contribution in [1.82, 2.24) is 14.9 Å². The van der Waals surface area contributed by atoms with Crippen molar-refractivity contribution in [2.75, 3.05) is 5.75 Å². The van der Waals surface area contributed by atoms with Gasteiger partial charge in [0.25, 0.3) is 11.5 Å². The lowest BCUT2D eigenvalue weighted by atomic mass is 10.1. The minimum atomic E-state index is -0.831. The van der Waals surface area contributed by atoms with Gasteiger partial charge in [0.15, 0.2) is 5.16 Å². The summed E-state index contributed by atoms with van der Waals surface area (Å²) < 4.78 is 1.51. The normalized spacial score (nSPS) is 23.8. The Morgan fingerprint density at radius 3 is 2.95 bits per heavy atom. The Hall–Kier alpha value is -1.83. The summed E-state index contributed by atoms with van der Waals surface area (Å²) in [5, 5.41) is 12.3. The zero-order valence-electron chi connectivity index (χ0n) is 11.2. The summed E-state index contributed by atoms with van der Waals surface area (Å²) in [6.07, 6.45) is 2.90. The van der Waals surface area contributed by atoms with Crippen molar-refractivity contribution in [3.63, 3.8) is 0 Å². The van der Waals surface area contributed by atoms with Crippen molar-refractivity contribution >= 4 is 23.6 Å². The second-order valence-electron chi connectivity index (χ2n) is 5.28. The predicted molar refractivity (Wildman–Crippen MR) is 75.5 cm³/mol. The molecule has 2 unspecified atom stereocenters. The van der Waals surface area contributed by atoms with Crippen LogP contribution in [0.2, 0.25) is 0 Å². The van der Waals surface area contributed by atoms with Crippen LogP contribution in [0.3, 0.4) is 0 Å². The van der Waals surface area contributed by atoms with Crippen molar-refractivity contribution in [3.05, 3.63) is 22.1 Å². The van der Waals surface area contributed by atoms with E-state index < -0.39 is 17.8 Å². The molecule has 2 atom stereocenters. The van der Waals surface area contributed by atoms with Crippen LogP contribution in [0.4, 0.5) is 0 Å². The molecule has 0 bridgehead atoms. The van der Waals surface area contributed by atoms with E-state index in [1.807, 2.05) is 0 Å². The van der Waals surface area contributed by atoms with Gasteiger partial charge < -0.3 is 10.4 Å². The highest BCUT2D eigenvalue weighted by molar-refractivity contribution is 7.99. The molecule has 2 heterocycles. The van der Waals surface area contributed by atoms with Crippen LogP contribution in [0, 0.1) is 5.92 Å². The van der Waals surface area contributed by atoms with Gasteiger partial charge in [-0.2, -0.15) is 0 Å². The Bertz CT molecular complexity index is 657. The molecular weight excluding hydrogens is 294 g/mol. The Morgan fingerprint density at radius 1 is 1.43 bits per heavy atom. The van der Waals surface area contributed by atoms with Gasteiger partial charge in [0, 0.05) is 24.5 Å². The number of aliphatic carboxylic acids is 1. The fraction of sp³-hybridized carbons (Fsp3) is 0.538. The number of nitrogens with one attached hydrogen (secondary N) is 1. The number of aromatic nitrogens is 2. The highest BCUT2D eigenvalue weighted by Gasteiger charge is 2.31. The van der Waals surface area contributed by atoms with Crippen molar-refractivity contribution < 1.29 is 14.7 Å². The van der Waals surface area contributed by atoms with Gasteiger partial charge in [-0.05, 0) is 19.3 Å². The van der Waals surface area contributed by atoms with Crippen molar-refractivity contribution in [2.24, 2.45) is 5.92 Å². The Morgan fingerprint density at radius 2 is 2.24 bits per heavy atom. The van der Waals surface area contributed by atoms with Gasteiger partial charge in [-0.1, -0.05) is 11.8 Å². The van der Waals surface area contributed by atoms with Crippen LogP contribution >= 0.6 is 11.8 Å². The van der Waals surface area contributed by atoms with Gasteiger partial charge >= 0.3 is 5.97 Å². The zero-order valence-corrected chi connectivity index (χ0v) is 12.1. The van der Waals surface area contributed by atoms with Crippen LogP contribution in [-0.2, 0) is 11.3 Å². The maximum atomic E-state index is 12.2. The molecule has 0 aromatic carbocycles. The molecule has 1 aromatic heterocycles. The second kappa shape index (κ2) is 5.51. The molecule has 7 nitrogen and oxygen atoms in total. The number of carbonyl (C=O) groups excluding carboxylic acids is 1. The third-order valence-corrected chi connectivity index (χ3v) is 4.89. The molecule has 112 valence electrons. The quantitative estimate of drug-likeness (QED) is 0.780. The summed E-state index contributed by atoms with van der Waals surface area (Å²) in [6, 6.07) is -0.189. The van der Waals surface area contributed by atoms with Crippen molar-refractivity contribution in [2.45, 2.75) is 37.0 Å². The van der Waals surface area contributed by atoms with E-state index in [2.05, 4.69) is 10.3 Å². The minimum Gasteiger partial charge on any atom is -0.481 e. The number of carboxylic acids is 1. The number of hydrogen-bond donors (Lipinski definition) is 2. The van der Waals surface area contributed by atoms with Gasteiger partial charge in [0.2, 0.25) is 0 Å². The van der Waals surface area contributed by atoms with Crippen LogP contribution < -0.4 is 10.9 Å². The molecule has 0 spiro atoms. The number of rotatable bonds is 3. The van der Waals surface area contributed by atoms with Crippen LogP contribution in [0.25, 0.3) is 0 Å². The maximum Gasteiger partial charge on any atom is 0.306 e. The van der Waals surface area contributed by atoms with Gasteiger partial charge in [-0.15, -0.1) is 0 Å². The van der Waals surface area contributed by atoms with E-state index in [1.54, 1.807) is 0 Å². The molecule has 1 fully saturated rings. The van der Waals surface area contributed by atoms with Gasteiger partial charge in [0.1, 0.15) is 5.56 Å². The topological polar surface area (TPSA) is 101 Å². The Kier molecular flexibility index (Phi) is 3.71. The molecule has 1 aliphatic heterocycles. The van der Waals surface area contributed by atoms with E-state index in [9.17, 15) is 14.4 Å². The summed E-state index contributed by atoms with van der Waals surface area (Å²) in [5.74, 6) is -0.916. The zero-order chi connectivity index (χ0) is 15.0. The number of nitrogens with zero attached hydrogens (tertiary/aromatic N) is 2. The average Bonchev–Trinajstić information content (AvgIpc) is 3.07.